The van der Waals surface area contributed by atoms with Gasteiger partial charge in [-0.2, -0.15) is 0 Å². The summed E-state index contributed by atoms with van der Waals surface area (Å²) >= 11 is 0. The van der Waals surface area contributed by atoms with Crippen LogP contribution in [0.2, 0.25) is 0 Å². The van der Waals surface area contributed by atoms with Crippen LogP contribution in [0.3, 0.4) is 0 Å². The minimum atomic E-state index is 0.848. The summed E-state index contributed by atoms with van der Waals surface area (Å²) in [4.78, 5) is 0. The van der Waals surface area contributed by atoms with Gasteiger partial charge in [-0.25, -0.2) is 0 Å². The second kappa shape index (κ2) is 2.49. The molecular weight excluding hydrogens is 158 g/mol. The molecule has 1 heterocycles. The van der Waals surface area contributed by atoms with E-state index in [-0.39, 0.29) is 0 Å². The Hall–Kier alpha value is -1.50. The fourth-order valence-corrected chi connectivity index (χ4v) is 2.07. The molecule has 3 rings (SSSR count). The third kappa shape index (κ3) is 0.934. The highest BCUT2D eigenvalue weighted by molar-refractivity contribution is 5.64. The average molecular weight is 168 g/mol. The molecule has 0 bridgehead atoms. The SMILES string of the molecule is C1=CC2=c3c(cccc3=C[N]C2)C1. The van der Waals surface area contributed by atoms with Gasteiger partial charge in [0.15, 0.2) is 0 Å². The van der Waals surface area contributed by atoms with Gasteiger partial charge in [-0.1, -0.05) is 30.4 Å². The predicted octanol–water partition coefficient (Wildman–Crippen LogP) is 0.306. The van der Waals surface area contributed by atoms with Gasteiger partial charge in [-0.15, -0.1) is 0 Å². The van der Waals surface area contributed by atoms with Crippen LogP contribution in [-0.4, -0.2) is 6.54 Å². The summed E-state index contributed by atoms with van der Waals surface area (Å²) < 4.78 is 0. The maximum atomic E-state index is 4.33. The van der Waals surface area contributed by atoms with Gasteiger partial charge in [0.05, 0.1) is 6.54 Å². The molecule has 0 amide bonds. The van der Waals surface area contributed by atoms with E-state index in [1.165, 1.54) is 21.6 Å². The van der Waals surface area contributed by atoms with Gasteiger partial charge in [0.25, 0.3) is 0 Å². The molecule has 1 aromatic carbocycles. The standard InChI is InChI=1S/C12H10N/c1-3-9-4-2-6-11-8-13-7-10(5-1)12(9)11/h1-3,5-7H,4,8H2. The monoisotopic (exact) mass is 168 g/mol. The molecule has 13 heavy (non-hydrogen) atoms. The van der Waals surface area contributed by atoms with E-state index in [1.54, 1.807) is 0 Å². The first kappa shape index (κ1) is 6.96. The molecule has 1 heteroatoms. The second-order valence-electron chi connectivity index (χ2n) is 3.48. The fourth-order valence-electron chi connectivity index (χ4n) is 2.07. The van der Waals surface area contributed by atoms with Crippen LogP contribution in [0.4, 0.5) is 0 Å². The lowest BCUT2D eigenvalue weighted by molar-refractivity contribution is 0.994. The third-order valence-electron chi connectivity index (χ3n) is 2.65. The molecule has 0 fully saturated rings. The lowest BCUT2D eigenvalue weighted by atomic mass is 9.96. The van der Waals surface area contributed by atoms with E-state index >= 15 is 0 Å². The van der Waals surface area contributed by atoms with E-state index in [9.17, 15) is 0 Å². The van der Waals surface area contributed by atoms with Gasteiger partial charge in [0.2, 0.25) is 0 Å². The summed E-state index contributed by atoms with van der Waals surface area (Å²) in [5, 5.41) is 7.04. The van der Waals surface area contributed by atoms with Gasteiger partial charge >= 0.3 is 0 Å². The quantitative estimate of drug-likeness (QED) is 0.529. The van der Waals surface area contributed by atoms with Crippen LogP contribution < -0.4 is 15.8 Å². The minimum Gasteiger partial charge on any atom is -0.288 e. The summed E-state index contributed by atoms with van der Waals surface area (Å²) in [7, 11) is 0. The Kier molecular flexibility index (Phi) is 1.33. The van der Waals surface area contributed by atoms with E-state index in [4.69, 9.17) is 0 Å². The first-order valence-electron chi connectivity index (χ1n) is 4.59. The molecule has 0 N–H and O–H groups in total. The molecule has 0 unspecified atom stereocenters. The summed E-state index contributed by atoms with van der Waals surface area (Å²) in [6, 6.07) is 6.46. The van der Waals surface area contributed by atoms with Crippen molar-refractivity contribution in [3.63, 3.8) is 0 Å². The van der Waals surface area contributed by atoms with Crippen molar-refractivity contribution in [2.45, 2.75) is 6.42 Å². The highest BCUT2D eigenvalue weighted by atomic mass is 14.8. The molecule has 1 aliphatic heterocycles. The van der Waals surface area contributed by atoms with Crippen LogP contribution in [-0.2, 0) is 6.42 Å². The molecule has 0 aromatic heterocycles. The van der Waals surface area contributed by atoms with Crippen LogP contribution in [0.25, 0.3) is 11.8 Å². The van der Waals surface area contributed by atoms with Gasteiger partial charge in [0, 0.05) is 11.4 Å². The smallest absolute Gasteiger partial charge is 0.0646 e. The molecule has 0 atom stereocenters. The van der Waals surface area contributed by atoms with Crippen LogP contribution in [0.1, 0.15) is 5.56 Å². The maximum absolute atomic E-state index is 4.33. The van der Waals surface area contributed by atoms with E-state index in [2.05, 4.69) is 35.7 Å². The van der Waals surface area contributed by atoms with Crippen molar-refractivity contribution in [2.75, 3.05) is 6.54 Å². The molecule has 0 saturated carbocycles. The minimum absolute atomic E-state index is 0.848. The highest BCUT2D eigenvalue weighted by Gasteiger charge is 2.08. The van der Waals surface area contributed by atoms with Crippen LogP contribution in [0.5, 0.6) is 0 Å². The van der Waals surface area contributed by atoms with E-state index < -0.39 is 0 Å². The second-order valence-corrected chi connectivity index (χ2v) is 3.48. The zero-order valence-electron chi connectivity index (χ0n) is 7.33. The Balaban J connectivity index is 2.55. The number of nitrogens with zero attached hydrogens (tertiary/aromatic N) is 1. The van der Waals surface area contributed by atoms with Gasteiger partial charge in [0.1, 0.15) is 0 Å². The molecule has 0 saturated heterocycles. The zero-order chi connectivity index (χ0) is 8.67. The molecule has 1 aromatic rings. The average Bonchev–Trinajstić information content (AvgIpc) is 2.19. The Labute approximate surface area is 77.1 Å². The van der Waals surface area contributed by atoms with Crippen molar-refractivity contribution < 1.29 is 0 Å². The summed E-state index contributed by atoms with van der Waals surface area (Å²) in [5.74, 6) is 0. The molecule has 0 spiro atoms. The molecule has 63 valence electrons. The molecule has 1 aliphatic carbocycles. The van der Waals surface area contributed by atoms with Crippen molar-refractivity contribution in [1.29, 1.82) is 0 Å². The van der Waals surface area contributed by atoms with E-state index in [0.717, 1.165) is 13.0 Å². The lowest BCUT2D eigenvalue weighted by Gasteiger charge is -2.14. The fraction of sp³-hybridized carbons (Fsp3) is 0.167. The predicted molar refractivity (Wildman–Crippen MR) is 53.4 cm³/mol. The van der Waals surface area contributed by atoms with Crippen LogP contribution in [0, 0.1) is 0 Å². The lowest BCUT2D eigenvalue weighted by Crippen LogP contribution is -2.37. The Morgan fingerprint density at radius 3 is 3.23 bits per heavy atom. The van der Waals surface area contributed by atoms with Crippen molar-refractivity contribution in [3.05, 3.63) is 46.4 Å². The first-order valence-corrected chi connectivity index (χ1v) is 4.59. The van der Waals surface area contributed by atoms with E-state index in [0.29, 0.717) is 0 Å². The normalized spacial score (nSPS) is 17.4. The number of rotatable bonds is 0. The maximum Gasteiger partial charge on any atom is 0.0646 e. The Bertz CT molecular complexity index is 494. The van der Waals surface area contributed by atoms with Crippen LogP contribution >= 0.6 is 0 Å². The molecule has 1 radical (unpaired) electrons. The third-order valence-corrected chi connectivity index (χ3v) is 2.65. The first-order chi connectivity index (χ1) is 6.45. The topological polar surface area (TPSA) is 14.1 Å². The largest absolute Gasteiger partial charge is 0.288 e. The van der Waals surface area contributed by atoms with Crippen molar-refractivity contribution in [3.8, 4) is 0 Å². The number of allylic oxidation sites excluding steroid dienone is 1. The molecular formula is C12H10N. The Morgan fingerprint density at radius 1 is 1.23 bits per heavy atom. The summed E-state index contributed by atoms with van der Waals surface area (Å²) in [6.07, 6.45) is 7.49. The summed E-state index contributed by atoms with van der Waals surface area (Å²) in [6.45, 7) is 0.848. The summed E-state index contributed by atoms with van der Waals surface area (Å²) in [5.41, 5.74) is 2.82. The molecule has 2 aliphatic rings. The number of hydrogen-bond acceptors (Lipinski definition) is 0. The van der Waals surface area contributed by atoms with Crippen molar-refractivity contribution in [1.82, 2.24) is 5.32 Å². The van der Waals surface area contributed by atoms with E-state index in [1.807, 2.05) is 6.20 Å². The zero-order valence-corrected chi connectivity index (χ0v) is 7.33. The number of benzene rings is 1. The van der Waals surface area contributed by atoms with Gasteiger partial charge in [-0.05, 0) is 22.8 Å². The molecule has 1 nitrogen and oxygen atoms in total. The highest BCUT2D eigenvalue weighted by Crippen LogP contribution is 2.06. The van der Waals surface area contributed by atoms with Crippen molar-refractivity contribution >= 4 is 11.8 Å². The van der Waals surface area contributed by atoms with Crippen LogP contribution in [0.15, 0.2) is 30.4 Å². The Morgan fingerprint density at radius 2 is 2.23 bits per heavy atom. The van der Waals surface area contributed by atoms with Gasteiger partial charge < -0.3 is 0 Å². The van der Waals surface area contributed by atoms with Crippen molar-refractivity contribution in [2.24, 2.45) is 0 Å². The number of hydrogen-bond donors (Lipinski definition) is 0. The van der Waals surface area contributed by atoms with Gasteiger partial charge in [-0.3, -0.25) is 5.32 Å².